The highest BCUT2D eigenvalue weighted by atomic mass is 16.1. The van der Waals surface area contributed by atoms with Gasteiger partial charge in [-0.05, 0) is 28.5 Å². The van der Waals surface area contributed by atoms with E-state index in [1.807, 2.05) is 0 Å². The average Bonchev–Trinajstić information content (AvgIpc) is 2.82. The molecule has 0 saturated heterocycles. The number of carbonyl (C=O) groups excluding carboxylic acids is 1. The van der Waals surface area contributed by atoms with Crippen molar-refractivity contribution in [1.29, 1.82) is 0 Å². The van der Waals surface area contributed by atoms with E-state index >= 15 is 0 Å². The van der Waals surface area contributed by atoms with Crippen LogP contribution in [0.5, 0.6) is 0 Å². The predicted molar refractivity (Wildman–Crippen MR) is 69.3 cm³/mol. The van der Waals surface area contributed by atoms with E-state index in [2.05, 4.69) is 49.4 Å². The first-order valence-corrected chi connectivity index (χ1v) is 6.18. The minimum Gasteiger partial charge on any atom is -0.300 e. The molecule has 86 valence electrons. The van der Waals surface area contributed by atoms with Gasteiger partial charge in [0, 0.05) is 12.8 Å². The lowest BCUT2D eigenvalue weighted by atomic mass is 9.82. The van der Waals surface area contributed by atoms with Gasteiger partial charge in [-0.3, -0.25) is 4.79 Å². The Morgan fingerprint density at radius 1 is 1.00 bits per heavy atom. The summed E-state index contributed by atoms with van der Waals surface area (Å²) < 4.78 is 0. The summed E-state index contributed by atoms with van der Waals surface area (Å²) in [5.74, 6) is 0.401. The first-order chi connectivity index (χ1) is 8.17. The highest BCUT2D eigenvalue weighted by molar-refractivity contribution is 5.82. The zero-order valence-electron chi connectivity index (χ0n) is 10.1. The van der Waals surface area contributed by atoms with Crippen LogP contribution < -0.4 is 0 Å². The number of rotatable bonds is 1. The molecule has 1 atom stereocenters. The molecule has 1 saturated carbocycles. The molecular formula is C16H16O. The lowest BCUT2D eigenvalue weighted by molar-refractivity contribution is -0.117. The van der Waals surface area contributed by atoms with Crippen LogP contribution in [0.25, 0.3) is 11.1 Å². The Kier molecular flexibility index (Phi) is 2.29. The minimum atomic E-state index is 0.0492. The molecule has 1 fully saturated rings. The maximum atomic E-state index is 11.5. The van der Waals surface area contributed by atoms with E-state index in [1.165, 1.54) is 16.7 Å². The fourth-order valence-electron chi connectivity index (χ4n) is 2.84. The van der Waals surface area contributed by atoms with E-state index in [-0.39, 0.29) is 5.41 Å². The summed E-state index contributed by atoms with van der Waals surface area (Å²) in [6, 6.07) is 15.0. The molecule has 0 aromatic rings. The summed E-state index contributed by atoms with van der Waals surface area (Å²) in [7, 11) is 0. The van der Waals surface area contributed by atoms with Crippen molar-refractivity contribution in [3.63, 3.8) is 0 Å². The standard InChI is InChI=1S/C16H16O/c1-16(10-9-15(17)11-16)14-7-5-12-3-2-4-13(12)6-8-14/h2-8H,9-11H2,1H3. The van der Waals surface area contributed by atoms with Gasteiger partial charge in [0.1, 0.15) is 5.78 Å². The van der Waals surface area contributed by atoms with Crippen molar-refractivity contribution in [2.45, 2.75) is 31.6 Å². The molecule has 1 unspecified atom stereocenters. The molecule has 0 aromatic heterocycles. The SMILES string of the molecule is CC1(c2ccc3cccc-3cc2)CCC(=O)C1. The van der Waals surface area contributed by atoms with Crippen LogP contribution in [0.1, 0.15) is 31.7 Å². The molecule has 17 heavy (non-hydrogen) atoms. The normalized spacial score (nSPS) is 24.4. The van der Waals surface area contributed by atoms with Gasteiger partial charge >= 0.3 is 0 Å². The highest BCUT2D eigenvalue weighted by Crippen LogP contribution is 2.39. The highest BCUT2D eigenvalue weighted by Gasteiger charge is 2.35. The van der Waals surface area contributed by atoms with E-state index in [0.29, 0.717) is 12.2 Å². The van der Waals surface area contributed by atoms with E-state index in [4.69, 9.17) is 0 Å². The van der Waals surface area contributed by atoms with Gasteiger partial charge in [0.15, 0.2) is 0 Å². The zero-order valence-corrected chi connectivity index (χ0v) is 10.1. The van der Waals surface area contributed by atoms with Gasteiger partial charge in [0.05, 0.1) is 0 Å². The third-order valence-corrected chi connectivity index (χ3v) is 4.01. The third-order valence-electron chi connectivity index (χ3n) is 4.01. The lowest BCUT2D eigenvalue weighted by Gasteiger charge is -2.22. The number of ketones is 1. The third kappa shape index (κ3) is 1.76. The molecule has 3 aliphatic rings. The summed E-state index contributed by atoms with van der Waals surface area (Å²) in [6.45, 7) is 2.21. The van der Waals surface area contributed by atoms with Crippen LogP contribution in [0.15, 0.2) is 42.5 Å². The average molecular weight is 224 g/mol. The van der Waals surface area contributed by atoms with Gasteiger partial charge in [0.2, 0.25) is 0 Å². The smallest absolute Gasteiger partial charge is 0.133 e. The van der Waals surface area contributed by atoms with Crippen LogP contribution in [0.3, 0.4) is 0 Å². The van der Waals surface area contributed by atoms with Crippen molar-refractivity contribution >= 4 is 5.78 Å². The lowest BCUT2D eigenvalue weighted by Crippen LogP contribution is -2.16. The van der Waals surface area contributed by atoms with Gasteiger partial charge in [-0.1, -0.05) is 49.4 Å². The second kappa shape index (κ2) is 3.69. The number of hydrogen-bond acceptors (Lipinski definition) is 1. The van der Waals surface area contributed by atoms with Crippen LogP contribution in [0.2, 0.25) is 0 Å². The largest absolute Gasteiger partial charge is 0.300 e. The van der Waals surface area contributed by atoms with Crippen LogP contribution in [0.4, 0.5) is 0 Å². The summed E-state index contributed by atoms with van der Waals surface area (Å²) in [5.41, 5.74) is 3.88. The van der Waals surface area contributed by atoms with E-state index < -0.39 is 0 Å². The molecule has 0 N–H and O–H groups in total. The monoisotopic (exact) mass is 224 g/mol. The maximum absolute atomic E-state index is 11.5. The van der Waals surface area contributed by atoms with E-state index in [1.54, 1.807) is 0 Å². The maximum Gasteiger partial charge on any atom is 0.133 e. The Hall–Kier alpha value is -1.63. The first kappa shape index (κ1) is 10.5. The Balaban J connectivity index is 2.06. The topological polar surface area (TPSA) is 17.1 Å². The van der Waals surface area contributed by atoms with Crippen molar-refractivity contribution in [2.24, 2.45) is 0 Å². The Labute approximate surface area is 102 Å². The summed E-state index contributed by atoms with van der Waals surface area (Å²) in [5, 5.41) is 0. The number of Topliss-reactive ketones (excluding diaryl/α,β-unsaturated/α-hetero) is 1. The summed E-state index contributed by atoms with van der Waals surface area (Å²) in [6.07, 6.45) is 2.42. The quantitative estimate of drug-likeness (QED) is 0.720. The Morgan fingerprint density at radius 3 is 2.18 bits per heavy atom. The Morgan fingerprint density at radius 2 is 1.65 bits per heavy atom. The van der Waals surface area contributed by atoms with Gasteiger partial charge < -0.3 is 0 Å². The Bertz CT molecular complexity index is 512. The number of fused-ring (bicyclic) bond motifs is 1. The molecule has 3 aliphatic carbocycles. The van der Waals surface area contributed by atoms with Crippen LogP contribution in [-0.2, 0) is 10.2 Å². The molecule has 0 bridgehead atoms. The molecule has 0 aliphatic heterocycles. The van der Waals surface area contributed by atoms with E-state index in [0.717, 1.165) is 12.8 Å². The summed E-state index contributed by atoms with van der Waals surface area (Å²) in [4.78, 5) is 11.5. The van der Waals surface area contributed by atoms with Crippen molar-refractivity contribution in [3.05, 3.63) is 48.0 Å². The van der Waals surface area contributed by atoms with Crippen LogP contribution in [0, 0.1) is 0 Å². The van der Waals surface area contributed by atoms with E-state index in [9.17, 15) is 4.79 Å². The predicted octanol–water partition coefficient (Wildman–Crippen LogP) is 3.80. The molecule has 0 radical (unpaired) electrons. The molecule has 3 rings (SSSR count). The van der Waals surface area contributed by atoms with Crippen molar-refractivity contribution in [1.82, 2.24) is 0 Å². The summed E-state index contributed by atoms with van der Waals surface area (Å²) >= 11 is 0. The second-order valence-corrected chi connectivity index (χ2v) is 5.33. The van der Waals surface area contributed by atoms with Crippen LogP contribution in [-0.4, -0.2) is 5.78 Å². The zero-order chi connectivity index (χ0) is 11.9. The van der Waals surface area contributed by atoms with Gasteiger partial charge in [-0.25, -0.2) is 0 Å². The molecule has 0 amide bonds. The number of hydrogen-bond donors (Lipinski definition) is 0. The van der Waals surface area contributed by atoms with Crippen LogP contribution >= 0.6 is 0 Å². The van der Waals surface area contributed by atoms with Gasteiger partial charge in [-0.2, -0.15) is 0 Å². The molecule has 0 aromatic carbocycles. The molecule has 0 spiro atoms. The molecule has 1 nitrogen and oxygen atoms in total. The fourth-order valence-corrected chi connectivity index (χ4v) is 2.84. The van der Waals surface area contributed by atoms with Gasteiger partial charge in [-0.15, -0.1) is 0 Å². The van der Waals surface area contributed by atoms with Crippen molar-refractivity contribution in [3.8, 4) is 11.1 Å². The van der Waals surface area contributed by atoms with Crippen molar-refractivity contribution in [2.75, 3.05) is 0 Å². The number of carbonyl (C=O) groups is 1. The first-order valence-electron chi connectivity index (χ1n) is 6.18. The minimum absolute atomic E-state index is 0.0492. The fraction of sp³-hybridized carbons (Fsp3) is 0.312. The van der Waals surface area contributed by atoms with Gasteiger partial charge in [0.25, 0.3) is 0 Å². The molecular weight excluding hydrogens is 208 g/mol. The molecule has 0 heterocycles. The second-order valence-electron chi connectivity index (χ2n) is 5.33. The molecule has 1 heteroatoms. The van der Waals surface area contributed by atoms with Crippen molar-refractivity contribution < 1.29 is 4.79 Å².